The Morgan fingerprint density at radius 2 is 1.89 bits per heavy atom. The minimum Gasteiger partial charge on any atom is -0.340 e. The molecule has 0 bridgehead atoms. The van der Waals surface area contributed by atoms with Gasteiger partial charge in [-0.2, -0.15) is 0 Å². The first kappa shape index (κ1) is 20.2. The minimum absolute atomic E-state index is 0.191. The summed E-state index contributed by atoms with van der Waals surface area (Å²) in [7, 11) is 0. The Labute approximate surface area is 172 Å². The summed E-state index contributed by atoms with van der Waals surface area (Å²) < 4.78 is 1.55. The molecule has 0 fully saturated rings. The van der Waals surface area contributed by atoms with E-state index in [1.54, 1.807) is 10.7 Å². The van der Waals surface area contributed by atoms with Gasteiger partial charge in [-0.05, 0) is 42.7 Å². The Balaban J connectivity index is 1.79. The highest BCUT2D eigenvalue weighted by Crippen LogP contribution is 2.21. The van der Waals surface area contributed by atoms with E-state index >= 15 is 0 Å². The molecular weight excluding hydrogens is 399 g/mol. The van der Waals surface area contributed by atoms with E-state index in [1.807, 2.05) is 38.1 Å². The van der Waals surface area contributed by atoms with Crippen LogP contribution < -0.4 is 10.7 Å². The lowest BCUT2D eigenvalue weighted by Crippen LogP contribution is -2.46. The number of amides is 2. The van der Waals surface area contributed by atoms with Crippen molar-refractivity contribution in [2.45, 2.75) is 26.3 Å². The lowest BCUT2D eigenvalue weighted by molar-refractivity contribution is -0.119. The third-order valence-electron chi connectivity index (χ3n) is 4.19. The Morgan fingerprint density at radius 1 is 1.14 bits per heavy atom. The molecule has 3 aromatic rings. The molecule has 2 aromatic carbocycles. The highest BCUT2D eigenvalue weighted by Gasteiger charge is 2.24. The zero-order chi connectivity index (χ0) is 20.3. The van der Waals surface area contributed by atoms with Crippen LogP contribution >= 0.6 is 23.2 Å². The van der Waals surface area contributed by atoms with Crippen molar-refractivity contribution in [3.63, 3.8) is 0 Å². The highest BCUT2D eigenvalue weighted by atomic mass is 35.5. The summed E-state index contributed by atoms with van der Waals surface area (Å²) in [5.74, 6) is -0.579. The summed E-state index contributed by atoms with van der Waals surface area (Å²) in [5.41, 5.74) is 4.60. The maximum Gasteiger partial charge on any atom is 0.261 e. The Kier molecular flexibility index (Phi) is 6.21. The molecule has 0 saturated heterocycles. The van der Waals surface area contributed by atoms with Gasteiger partial charge in [0.15, 0.2) is 0 Å². The van der Waals surface area contributed by atoms with Crippen LogP contribution in [-0.4, -0.2) is 27.5 Å². The van der Waals surface area contributed by atoms with Gasteiger partial charge in [-0.3, -0.25) is 15.0 Å². The molecule has 0 aliphatic heterocycles. The van der Waals surface area contributed by atoms with Gasteiger partial charge in [-0.25, -0.2) is 9.66 Å². The van der Waals surface area contributed by atoms with Crippen molar-refractivity contribution in [2.75, 3.05) is 5.43 Å². The van der Waals surface area contributed by atoms with E-state index in [-0.39, 0.29) is 22.4 Å². The molecule has 0 spiro atoms. The van der Waals surface area contributed by atoms with Crippen LogP contribution in [0.25, 0.3) is 11.0 Å². The van der Waals surface area contributed by atoms with Gasteiger partial charge in [0.1, 0.15) is 12.4 Å². The van der Waals surface area contributed by atoms with Crippen molar-refractivity contribution in [3.05, 3.63) is 64.4 Å². The van der Waals surface area contributed by atoms with Crippen molar-refractivity contribution >= 4 is 46.0 Å². The van der Waals surface area contributed by atoms with E-state index in [1.165, 1.54) is 18.5 Å². The van der Waals surface area contributed by atoms with Crippen LogP contribution in [0.3, 0.4) is 0 Å². The fourth-order valence-electron chi connectivity index (χ4n) is 2.86. The number of carbonyl (C=O) groups excluding carboxylic acids is 2. The highest BCUT2D eigenvalue weighted by molar-refractivity contribution is 6.36. The number of halogens is 2. The molecule has 6 nitrogen and oxygen atoms in total. The van der Waals surface area contributed by atoms with Gasteiger partial charge in [0.25, 0.3) is 11.8 Å². The standard InChI is InChI=1S/C20H20Cl2N4O2/c1-12(2)9-17(24-19(27)14-8-7-13(21)10-15(14)22)20(28)25-26-11-23-16-5-3-4-6-18(16)26/h3-8,10-12,17H,9H2,1-2H3,(H,24,27)(H,25,28). The number of fused-ring (bicyclic) bond motifs is 1. The SMILES string of the molecule is CC(C)CC(NC(=O)c1ccc(Cl)cc1Cl)C(=O)Nn1cnc2ccccc21. The quantitative estimate of drug-likeness (QED) is 0.627. The predicted octanol–water partition coefficient (Wildman–Crippen LogP) is 4.26. The number of imidazole rings is 1. The topological polar surface area (TPSA) is 76.0 Å². The van der Waals surface area contributed by atoms with Crippen LogP contribution in [0.5, 0.6) is 0 Å². The van der Waals surface area contributed by atoms with Gasteiger partial charge in [0.05, 0.1) is 21.6 Å². The van der Waals surface area contributed by atoms with E-state index < -0.39 is 11.9 Å². The van der Waals surface area contributed by atoms with Gasteiger partial charge < -0.3 is 5.32 Å². The molecule has 0 saturated carbocycles. The molecule has 8 heteroatoms. The zero-order valence-corrected chi connectivity index (χ0v) is 17.0. The average molecular weight is 419 g/mol. The molecule has 28 heavy (non-hydrogen) atoms. The molecule has 0 aliphatic carbocycles. The van der Waals surface area contributed by atoms with Gasteiger partial charge in [0.2, 0.25) is 0 Å². The van der Waals surface area contributed by atoms with E-state index in [0.717, 1.165) is 11.0 Å². The smallest absolute Gasteiger partial charge is 0.261 e. The Bertz CT molecular complexity index is 1020. The lowest BCUT2D eigenvalue weighted by Gasteiger charge is -2.21. The van der Waals surface area contributed by atoms with Crippen molar-refractivity contribution in [2.24, 2.45) is 5.92 Å². The fourth-order valence-corrected chi connectivity index (χ4v) is 3.35. The largest absolute Gasteiger partial charge is 0.340 e. The number of nitrogens with zero attached hydrogens (tertiary/aromatic N) is 2. The summed E-state index contributed by atoms with van der Waals surface area (Å²) in [6.07, 6.45) is 2.00. The monoisotopic (exact) mass is 418 g/mol. The van der Waals surface area contributed by atoms with Gasteiger partial charge in [-0.15, -0.1) is 0 Å². The number of aromatic nitrogens is 2. The number of rotatable bonds is 6. The first-order valence-corrected chi connectivity index (χ1v) is 9.59. The fraction of sp³-hybridized carbons (Fsp3) is 0.250. The van der Waals surface area contributed by atoms with Crippen molar-refractivity contribution < 1.29 is 9.59 Å². The summed E-state index contributed by atoms with van der Waals surface area (Å²) >= 11 is 12.0. The normalized spacial score (nSPS) is 12.2. The summed E-state index contributed by atoms with van der Waals surface area (Å²) in [6, 6.07) is 11.3. The third kappa shape index (κ3) is 4.64. The summed E-state index contributed by atoms with van der Waals surface area (Å²) in [5, 5.41) is 3.44. The third-order valence-corrected chi connectivity index (χ3v) is 4.74. The molecule has 3 rings (SSSR count). The number of nitrogens with one attached hydrogen (secondary N) is 2. The van der Waals surface area contributed by atoms with Crippen molar-refractivity contribution in [3.8, 4) is 0 Å². The number of benzene rings is 2. The molecule has 2 N–H and O–H groups in total. The van der Waals surface area contributed by atoms with Gasteiger partial charge >= 0.3 is 0 Å². The molecule has 2 amide bonds. The lowest BCUT2D eigenvalue weighted by atomic mass is 10.0. The molecule has 1 unspecified atom stereocenters. The molecule has 0 aliphatic rings. The van der Waals surface area contributed by atoms with Crippen LogP contribution in [0, 0.1) is 5.92 Å². The van der Waals surface area contributed by atoms with E-state index in [2.05, 4.69) is 15.7 Å². The van der Waals surface area contributed by atoms with Crippen molar-refractivity contribution in [1.82, 2.24) is 15.0 Å². The molecule has 0 radical (unpaired) electrons. The Hall–Kier alpha value is -2.57. The molecule has 1 atom stereocenters. The molecule has 1 aromatic heterocycles. The maximum absolute atomic E-state index is 12.9. The van der Waals surface area contributed by atoms with Crippen molar-refractivity contribution in [1.29, 1.82) is 0 Å². The van der Waals surface area contributed by atoms with Gasteiger partial charge in [-0.1, -0.05) is 49.2 Å². The van der Waals surface area contributed by atoms with Crippen LogP contribution in [0.1, 0.15) is 30.6 Å². The average Bonchev–Trinajstić information content (AvgIpc) is 3.03. The number of carbonyl (C=O) groups is 2. The van der Waals surface area contributed by atoms with E-state index in [9.17, 15) is 9.59 Å². The maximum atomic E-state index is 12.9. The van der Waals surface area contributed by atoms with Crippen LogP contribution in [0.15, 0.2) is 48.8 Å². The van der Waals surface area contributed by atoms with Crippen LogP contribution in [0.2, 0.25) is 10.0 Å². The second-order valence-corrected chi connectivity index (χ2v) is 7.70. The molecular formula is C20H20Cl2N4O2. The molecule has 146 valence electrons. The summed E-state index contributed by atoms with van der Waals surface area (Å²) in [4.78, 5) is 29.8. The summed E-state index contributed by atoms with van der Waals surface area (Å²) in [6.45, 7) is 3.96. The van der Waals surface area contributed by atoms with Crippen LogP contribution in [-0.2, 0) is 4.79 Å². The first-order chi connectivity index (χ1) is 13.3. The zero-order valence-electron chi connectivity index (χ0n) is 15.4. The number of hydrogen-bond acceptors (Lipinski definition) is 3. The second-order valence-electron chi connectivity index (χ2n) is 6.86. The van der Waals surface area contributed by atoms with Gasteiger partial charge in [0, 0.05) is 5.02 Å². The van der Waals surface area contributed by atoms with E-state index in [4.69, 9.17) is 23.2 Å². The minimum atomic E-state index is -0.736. The Morgan fingerprint density at radius 3 is 2.61 bits per heavy atom. The van der Waals surface area contributed by atoms with Crippen LogP contribution in [0.4, 0.5) is 0 Å². The number of hydrogen-bond donors (Lipinski definition) is 2. The second kappa shape index (κ2) is 8.63. The molecule has 1 heterocycles. The predicted molar refractivity (Wildman–Crippen MR) is 111 cm³/mol. The first-order valence-electron chi connectivity index (χ1n) is 8.84. The van der Waals surface area contributed by atoms with E-state index in [0.29, 0.717) is 11.4 Å². The number of para-hydroxylation sites is 2.